The lowest BCUT2D eigenvalue weighted by atomic mass is 10.2. The van der Waals surface area contributed by atoms with E-state index in [0.717, 1.165) is 5.69 Å². The van der Waals surface area contributed by atoms with E-state index in [9.17, 15) is 4.79 Å². The van der Waals surface area contributed by atoms with E-state index < -0.39 is 0 Å². The Labute approximate surface area is 203 Å². The van der Waals surface area contributed by atoms with Crippen molar-refractivity contribution in [2.45, 2.75) is 0 Å². The zero-order chi connectivity index (χ0) is 24.9. The summed E-state index contributed by atoms with van der Waals surface area (Å²) in [6, 6.07) is 8.87. The van der Waals surface area contributed by atoms with Gasteiger partial charge < -0.3 is 33.5 Å². The first-order chi connectivity index (χ1) is 17.0. The van der Waals surface area contributed by atoms with Gasteiger partial charge in [-0.1, -0.05) is 0 Å². The maximum Gasteiger partial charge on any atom is 0.323 e. The Hall–Kier alpha value is -4.15. The predicted octanol–water partition coefficient (Wildman–Crippen LogP) is 3.03. The fourth-order valence-electron chi connectivity index (χ4n) is 3.97. The molecule has 1 aliphatic heterocycles. The highest BCUT2D eigenvalue weighted by atomic mass is 16.5. The van der Waals surface area contributed by atoms with Gasteiger partial charge in [0.1, 0.15) is 5.75 Å². The Morgan fingerprint density at radius 1 is 0.800 bits per heavy atom. The van der Waals surface area contributed by atoms with E-state index in [1.165, 1.54) is 7.11 Å². The average Bonchev–Trinajstić information content (AvgIpc) is 2.91. The summed E-state index contributed by atoms with van der Waals surface area (Å²) in [4.78, 5) is 25.9. The van der Waals surface area contributed by atoms with Crippen molar-refractivity contribution in [3.63, 3.8) is 0 Å². The van der Waals surface area contributed by atoms with Crippen LogP contribution >= 0.6 is 0 Å². The molecule has 11 heteroatoms. The lowest BCUT2D eigenvalue weighted by Gasteiger charge is -2.36. The quantitative estimate of drug-likeness (QED) is 0.542. The number of rotatable bonds is 7. The number of carbonyl (C=O) groups excluding carboxylic acids is 1. The molecule has 2 heterocycles. The molecule has 2 amide bonds. The predicted molar refractivity (Wildman–Crippen MR) is 132 cm³/mol. The van der Waals surface area contributed by atoms with E-state index in [4.69, 9.17) is 23.7 Å². The van der Waals surface area contributed by atoms with Crippen LogP contribution < -0.4 is 33.9 Å². The number of hydrogen-bond acceptors (Lipinski definition) is 9. The van der Waals surface area contributed by atoms with E-state index in [1.54, 1.807) is 51.5 Å². The highest BCUT2D eigenvalue weighted by molar-refractivity contribution is 5.91. The zero-order valence-electron chi connectivity index (χ0n) is 20.5. The summed E-state index contributed by atoms with van der Waals surface area (Å²) in [7, 11) is 7.82. The molecule has 0 aliphatic carbocycles. The minimum atomic E-state index is -0.274. The third kappa shape index (κ3) is 4.88. The van der Waals surface area contributed by atoms with Crippen LogP contribution in [0.4, 0.5) is 16.3 Å². The first-order valence-electron chi connectivity index (χ1n) is 11.0. The van der Waals surface area contributed by atoms with Gasteiger partial charge in [-0.2, -0.15) is 0 Å². The molecule has 1 saturated heterocycles. The summed E-state index contributed by atoms with van der Waals surface area (Å²) >= 11 is 0. The summed E-state index contributed by atoms with van der Waals surface area (Å²) in [5, 5.41) is 2.84. The third-order valence-corrected chi connectivity index (χ3v) is 5.84. The molecule has 11 nitrogen and oxygen atoms in total. The fraction of sp³-hybridized carbons (Fsp3) is 0.375. The van der Waals surface area contributed by atoms with Crippen LogP contribution in [0.1, 0.15) is 0 Å². The molecular weight excluding hydrogens is 454 g/mol. The van der Waals surface area contributed by atoms with E-state index in [-0.39, 0.29) is 17.7 Å². The molecule has 1 aromatic heterocycles. The number of ether oxygens (including phenoxy) is 5. The molecule has 1 aliphatic rings. The van der Waals surface area contributed by atoms with Crippen LogP contribution in [-0.4, -0.2) is 82.6 Å². The fourth-order valence-corrected chi connectivity index (χ4v) is 3.97. The van der Waals surface area contributed by atoms with Gasteiger partial charge >= 0.3 is 6.03 Å². The second-order valence-corrected chi connectivity index (χ2v) is 7.72. The van der Waals surface area contributed by atoms with Crippen molar-refractivity contribution in [3.05, 3.63) is 30.3 Å². The van der Waals surface area contributed by atoms with Gasteiger partial charge in [-0.15, -0.1) is 0 Å². The molecule has 0 atom stereocenters. The van der Waals surface area contributed by atoms with E-state index in [2.05, 4.69) is 20.2 Å². The Bertz CT molecular complexity index is 1190. The molecule has 1 fully saturated rings. The number of amides is 2. The van der Waals surface area contributed by atoms with Crippen molar-refractivity contribution in [3.8, 4) is 28.9 Å². The molecule has 4 rings (SSSR count). The Morgan fingerprint density at radius 3 is 2.06 bits per heavy atom. The second-order valence-electron chi connectivity index (χ2n) is 7.72. The lowest BCUT2D eigenvalue weighted by molar-refractivity contribution is 0.208. The molecule has 0 saturated carbocycles. The number of urea groups is 1. The van der Waals surface area contributed by atoms with Crippen molar-refractivity contribution in [1.29, 1.82) is 0 Å². The molecule has 2 aromatic carbocycles. The third-order valence-electron chi connectivity index (χ3n) is 5.84. The van der Waals surface area contributed by atoms with Gasteiger partial charge in [0.05, 0.1) is 46.6 Å². The summed E-state index contributed by atoms with van der Waals surface area (Å²) < 4.78 is 27.0. The Kier molecular flexibility index (Phi) is 7.14. The smallest absolute Gasteiger partial charge is 0.323 e. The van der Waals surface area contributed by atoms with Crippen LogP contribution in [0.2, 0.25) is 0 Å². The minimum absolute atomic E-state index is 0.243. The number of methoxy groups -OCH3 is 5. The summed E-state index contributed by atoms with van der Waals surface area (Å²) in [5.41, 5.74) is 2.16. The van der Waals surface area contributed by atoms with Crippen LogP contribution in [0.15, 0.2) is 30.3 Å². The average molecular weight is 484 g/mol. The standard InChI is InChI=1S/C24H29N5O6/c1-31-16-6-7-17-18(14-16)25-22(23(26-17)35-5)27-24(30)29-10-8-28(9-11-29)15-12-19(32-2)21(34-4)20(13-15)33-3/h6-7,12-14H,8-11H2,1-5H3,(H,25,27,30). The van der Waals surface area contributed by atoms with Crippen LogP contribution in [0.5, 0.6) is 28.9 Å². The molecule has 0 unspecified atom stereocenters. The molecule has 0 bridgehead atoms. The number of carbonyl (C=O) groups is 1. The molecular formula is C24H29N5O6. The van der Waals surface area contributed by atoms with Gasteiger partial charge in [0.2, 0.25) is 5.75 Å². The Morgan fingerprint density at radius 2 is 1.49 bits per heavy atom. The van der Waals surface area contributed by atoms with Crippen molar-refractivity contribution in [2.24, 2.45) is 0 Å². The van der Waals surface area contributed by atoms with Gasteiger partial charge in [0, 0.05) is 50.1 Å². The highest BCUT2D eigenvalue weighted by Gasteiger charge is 2.25. The van der Waals surface area contributed by atoms with Crippen molar-refractivity contribution < 1.29 is 28.5 Å². The number of piperazine rings is 1. The van der Waals surface area contributed by atoms with Gasteiger partial charge in [-0.3, -0.25) is 5.32 Å². The maximum absolute atomic E-state index is 13.0. The molecule has 35 heavy (non-hydrogen) atoms. The van der Waals surface area contributed by atoms with Crippen LogP contribution in [0.3, 0.4) is 0 Å². The molecule has 186 valence electrons. The Balaban J connectivity index is 1.47. The monoisotopic (exact) mass is 483 g/mol. The number of hydrogen-bond donors (Lipinski definition) is 1. The number of aromatic nitrogens is 2. The van der Waals surface area contributed by atoms with Gasteiger partial charge in [-0.05, 0) is 12.1 Å². The van der Waals surface area contributed by atoms with Crippen molar-refractivity contribution in [1.82, 2.24) is 14.9 Å². The number of benzene rings is 2. The topological polar surface area (TPSA) is 108 Å². The number of nitrogens with zero attached hydrogens (tertiary/aromatic N) is 4. The molecule has 1 N–H and O–H groups in total. The molecule has 0 spiro atoms. The largest absolute Gasteiger partial charge is 0.497 e. The zero-order valence-corrected chi connectivity index (χ0v) is 20.5. The number of fused-ring (bicyclic) bond motifs is 1. The van der Waals surface area contributed by atoms with E-state index in [1.807, 2.05) is 12.1 Å². The number of anilines is 2. The van der Waals surface area contributed by atoms with Crippen LogP contribution in [-0.2, 0) is 0 Å². The summed E-state index contributed by atoms with van der Waals surface area (Å²) in [5.74, 6) is 2.86. The lowest BCUT2D eigenvalue weighted by Crippen LogP contribution is -2.50. The highest BCUT2D eigenvalue weighted by Crippen LogP contribution is 2.41. The molecule has 0 radical (unpaired) electrons. The number of nitrogens with one attached hydrogen (secondary N) is 1. The second kappa shape index (κ2) is 10.4. The maximum atomic E-state index is 13.0. The van der Waals surface area contributed by atoms with Crippen LogP contribution in [0.25, 0.3) is 11.0 Å². The first kappa shape index (κ1) is 24.0. The van der Waals surface area contributed by atoms with E-state index in [0.29, 0.717) is 60.2 Å². The van der Waals surface area contributed by atoms with Crippen LogP contribution in [0, 0.1) is 0 Å². The molecule has 3 aromatic rings. The van der Waals surface area contributed by atoms with E-state index >= 15 is 0 Å². The minimum Gasteiger partial charge on any atom is -0.497 e. The van der Waals surface area contributed by atoms with Crippen molar-refractivity contribution in [2.75, 3.05) is 71.9 Å². The SMILES string of the molecule is COc1ccc2nc(OC)c(NC(=O)N3CCN(c4cc(OC)c(OC)c(OC)c4)CC3)nc2c1. The van der Waals surface area contributed by atoms with Gasteiger partial charge in [0.25, 0.3) is 5.88 Å². The first-order valence-corrected chi connectivity index (χ1v) is 11.0. The van der Waals surface area contributed by atoms with Gasteiger partial charge in [-0.25, -0.2) is 14.8 Å². The van der Waals surface area contributed by atoms with Crippen molar-refractivity contribution >= 4 is 28.6 Å². The summed E-state index contributed by atoms with van der Waals surface area (Å²) in [6.07, 6.45) is 0. The normalized spacial score (nSPS) is 13.4. The van der Waals surface area contributed by atoms with Gasteiger partial charge in [0.15, 0.2) is 17.3 Å². The summed E-state index contributed by atoms with van der Waals surface area (Å²) in [6.45, 7) is 2.28.